The van der Waals surface area contributed by atoms with Crippen LogP contribution in [0.5, 0.6) is 0 Å². The van der Waals surface area contributed by atoms with Crippen molar-refractivity contribution in [3.8, 4) is 0 Å². The van der Waals surface area contributed by atoms with E-state index in [9.17, 15) is 9.90 Å². The molecule has 1 fully saturated rings. The largest absolute Gasteiger partial charge is 0.391 e. The van der Waals surface area contributed by atoms with Crippen LogP contribution in [0.15, 0.2) is 0 Å². The molecule has 17 heavy (non-hydrogen) atoms. The molecule has 2 N–H and O–H groups in total. The normalized spacial score (nSPS) is 26.9. The number of hydrogen-bond acceptors (Lipinski definition) is 3. The number of rotatable bonds is 4. The molecule has 3 unspecified atom stereocenters. The molecule has 1 saturated heterocycles. The molecule has 0 aromatic heterocycles. The maximum atomic E-state index is 11.8. The van der Waals surface area contributed by atoms with E-state index in [1.165, 1.54) is 0 Å². The number of nitrogens with one attached hydrogen (secondary N) is 1. The van der Waals surface area contributed by atoms with Gasteiger partial charge in [0.1, 0.15) is 0 Å². The molecule has 1 aliphatic rings. The monoisotopic (exact) mass is 243 g/mol. The van der Waals surface area contributed by atoms with Crippen LogP contribution in [0.3, 0.4) is 0 Å². The van der Waals surface area contributed by atoms with E-state index in [1.54, 1.807) is 0 Å². The first-order valence-corrected chi connectivity index (χ1v) is 6.37. The Hall–Kier alpha value is -0.610. The molecule has 0 radical (unpaired) electrons. The Bertz CT molecular complexity index is 260. The zero-order chi connectivity index (χ0) is 13.1. The first kappa shape index (κ1) is 14.5. The zero-order valence-corrected chi connectivity index (χ0v) is 11.3. The van der Waals surface area contributed by atoms with Gasteiger partial charge in [-0.05, 0) is 25.2 Å². The van der Waals surface area contributed by atoms with E-state index in [0.717, 1.165) is 6.42 Å². The number of aliphatic hydroxyl groups is 1. The Morgan fingerprint density at radius 3 is 2.65 bits per heavy atom. The van der Waals surface area contributed by atoms with Crippen LogP contribution in [0.2, 0.25) is 0 Å². The van der Waals surface area contributed by atoms with Crippen molar-refractivity contribution in [3.05, 3.63) is 0 Å². The van der Waals surface area contributed by atoms with Crippen LogP contribution in [0, 0.1) is 11.3 Å². The van der Waals surface area contributed by atoms with Crippen LogP contribution in [0.25, 0.3) is 0 Å². The number of carbonyl (C=O) groups excluding carboxylic acids is 1. The predicted octanol–water partition coefficient (Wildman–Crippen LogP) is 1.32. The van der Waals surface area contributed by atoms with Gasteiger partial charge >= 0.3 is 0 Å². The summed E-state index contributed by atoms with van der Waals surface area (Å²) in [4.78, 5) is 11.8. The van der Waals surface area contributed by atoms with Gasteiger partial charge in [-0.3, -0.25) is 4.79 Å². The van der Waals surface area contributed by atoms with Gasteiger partial charge < -0.3 is 15.2 Å². The Morgan fingerprint density at radius 2 is 2.18 bits per heavy atom. The second-order valence-corrected chi connectivity index (χ2v) is 6.13. The highest BCUT2D eigenvalue weighted by molar-refractivity contribution is 5.79. The number of ether oxygens (including phenoxy) is 1. The lowest BCUT2D eigenvalue weighted by Gasteiger charge is -2.23. The van der Waals surface area contributed by atoms with Crippen LogP contribution < -0.4 is 5.32 Å². The lowest BCUT2D eigenvalue weighted by molar-refractivity contribution is -0.126. The summed E-state index contributed by atoms with van der Waals surface area (Å²) in [6.07, 6.45) is 0.984. The third-order valence-electron chi connectivity index (χ3n) is 3.07. The highest BCUT2D eigenvalue weighted by Crippen LogP contribution is 2.22. The highest BCUT2D eigenvalue weighted by atomic mass is 16.5. The zero-order valence-electron chi connectivity index (χ0n) is 11.3. The topological polar surface area (TPSA) is 58.6 Å². The van der Waals surface area contributed by atoms with Crippen molar-refractivity contribution < 1.29 is 14.6 Å². The summed E-state index contributed by atoms with van der Waals surface area (Å²) in [5.74, 6) is -0.0557. The predicted molar refractivity (Wildman–Crippen MR) is 66.6 cm³/mol. The molecule has 1 aliphatic heterocycles. The molecule has 1 heterocycles. The van der Waals surface area contributed by atoms with Crippen molar-refractivity contribution in [2.24, 2.45) is 11.3 Å². The molecule has 4 heteroatoms. The van der Waals surface area contributed by atoms with Crippen LogP contribution in [-0.2, 0) is 9.53 Å². The maximum Gasteiger partial charge on any atom is 0.225 e. The molecule has 1 rings (SSSR count). The van der Waals surface area contributed by atoms with Gasteiger partial charge in [0, 0.05) is 13.2 Å². The van der Waals surface area contributed by atoms with E-state index >= 15 is 0 Å². The molecule has 100 valence electrons. The average Bonchev–Trinajstić information content (AvgIpc) is 2.58. The molecular weight excluding hydrogens is 218 g/mol. The second-order valence-electron chi connectivity index (χ2n) is 6.13. The molecule has 0 aromatic rings. The minimum absolute atomic E-state index is 0.00274. The molecule has 4 nitrogen and oxygen atoms in total. The fourth-order valence-corrected chi connectivity index (χ4v) is 2.20. The summed E-state index contributed by atoms with van der Waals surface area (Å²) in [5.41, 5.74) is 0.0773. The van der Waals surface area contributed by atoms with Gasteiger partial charge in [-0.25, -0.2) is 0 Å². The van der Waals surface area contributed by atoms with E-state index < -0.39 is 6.10 Å². The van der Waals surface area contributed by atoms with Crippen LogP contribution in [0.4, 0.5) is 0 Å². The Balaban J connectivity index is 2.28. The molecule has 3 atom stereocenters. The molecule has 0 saturated carbocycles. The number of hydrogen-bond donors (Lipinski definition) is 2. The van der Waals surface area contributed by atoms with Gasteiger partial charge in [0.25, 0.3) is 0 Å². The van der Waals surface area contributed by atoms with E-state index in [-0.39, 0.29) is 23.3 Å². The van der Waals surface area contributed by atoms with Crippen molar-refractivity contribution in [1.82, 2.24) is 5.32 Å². The fraction of sp³-hybridized carbons (Fsp3) is 0.923. The summed E-state index contributed by atoms with van der Waals surface area (Å²) in [5, 5.41) is 12.6. The lowest BCUT2D eigenvalue weighted by Crippen LogP contribution is -2.39. The molecular formula is C13H25NO3. The third kappa shape index (κ3) is 5.04. The van der Waals surface area contributed by atoms with Gasteiger partial charge in [0.05, 0.1) is 18.1 Å². The summed E-state index contributed by atoms with van der Waals surface area (Å²) in [7, 11) is 0. The van der Waals surface area contributed by atoms with Crippen LogP contribution >= 0.6 is 0 Å². The second kappa shape index (κ2) is 5.83. The van der Waals surface area contributed by atoms with Crippen molar-refractivity contribution >= 4 is 5.91 Å². The lowest BCUT2D eigenvalue weighted by atomic mass is 9.89. The minimum Gasteiger partial charge on any atom is -0.391 e. The quantitative estimate of drug-likeness (QED) is 0.783. The first-order valence-electron chi connectivity index (χ1n) is 6.37. The summed E-state index contributed by atoms with van der Waals surface area (Å²) >= 11 is 0. The van der Waals surface area contributed by atoms with Gasteiger partial charge in [-0.15, -0.1) is 0 Å². The number of amides is 1. The Morgan fingerprint density at radius 1 is 1.53 bits per heavy atom. The van der Waals surface area contributed by atoms with Crippen LogP contribution in [0.1, 0.15) is 40.5 Å². The van der Waals surface area contributed by atoms with E-state index in [4.69, 9.17) is 4.74 Å². The van der Waals surface area contributed by atoms with Crippen molar-refractivity contribution in [2.75, 3.05) is 13.2 Å². The van der Waals surface area contributed by atoms with Gasteiger partial charge in [0.2, 0.25) is 5.91 Å². The van der Waals surface area contributed by atoms with E-state index in [0.29, 0.717) is 19.6 Å². The first-order chi connectivity index (χ1) is 7.79. The van der Waals surface area contributed by atoms with Gasteiger partial charge in [-0.1, -0.05) is 20.8 Å². The van der Waals surface area contributed by atoms with Crippen LogP contribution in [-0.4, -0.2) is 36.4 Å². The summed E-state index contributed by atoms with van der Waals surface area (Å²) in [6, 6.07) is 0. The summed E-state index contributed by atoms with van der Waals surface area (Å²) < 4.78 is 5.35. The van der Waals surface area contributed by atoms with Crippen molar-refractivity contribution in [3.63, 3.8) is 0 Å². The standard InChI is InChI=1S/C13H25NO3/c1-9-11(5-6-17-9)12(16)14-8-10(15)7-13(2,3)4/h9-11,15H,5-8H2,1-4H3,(H,14,16). The number of carbonyl (C=O) groups is 1. The smallest absolute Gasteiger partial charge is 0.225 e. The third-order valence-corrected chi connectivity index (χ3v) is 3.07. The van der Waals surface area contributed by atoms with Gasteiger partial charge in [-0.2, -0.15) is 0 Å². The molecule has 0 aliphatic carbocycles. The van der Waals surface area contributed by atoms with E-state index in [1.807, 2.05) is 6.92 Å². The van der Waals surface area contributed by atoms with Gasteiger partial charge in [0.15, 0.2) is 0 Å². The highest BCUT2D eigenvalue weighted by Gasteiger charge is 2.30. The van der Waals surface area contributed by atoms with Crippen molar-refractivity contribution in [1.29, 1.82) is 0 Å². The molecule has 0 spiro atoms. The molecule has 1 amide bonds. The number of aliphatic hydroxyl groups excluding tert-OH is 1. The Kier molecular flexibility index (Phi) is 4.95. The molecule has 0 bridgehead atoms. The minimum atomic E-state index is -0.475. The Labute approximate surface area is 104 Å². The van der Waals surface area contributed by atoms with Crippen molar-refractivity contribution in [2.45, 2.75) is 52.7 Å². The summed E-state index contributed by atoms with van der Waals surface area (Å²) in [6.45, 7) is 9.13. The fourth-order valence-electron chi connectivity index (χ4n) is 2.20. The van der Waals surface area contributed by atoms with E-state index in [2.05, 4.69) is 26.1 Å². The maximum absolute atomic E-state index is 11.8. The molecule has 0 aromatic carbocycles. The average molecular weight is 243 g/mol. The SMILES string of the molecule is CC1OCCC1C(=O)NCC(O)CC(C)(C)C.